The molecular weight excluding hydrogens is 461 g/mol. The first-order valence-corrected chi connectivity index (χ1v) is 11.0. The number of halogens is 2. The van der Waals surface area contributed by atoms with Gasteiger partial charge in [0.25, 0.3) is 0 Å². The number of aromatic nitrogens is 3. The predicted octanol–water partition coefficient (Wildman–Crippen LogP) is 5.65. The number of carbonyl (C=O) groups is 1. The Bertz CT molecular complexity index is 1460. The summed E-state index contributed by atoms with van der Waals surface area (Å²) in [7, 11) is 0. The minimum absolute atomic E-state index is 0.0170. The topological polar surface area (TPSA) is 88.2 Å². The van der Waals surface area contributed by atoms with Crippen LogP contribution in [-0.4, -0.2) is 30.5 Å². The van der Waals surface area contributed by atoms with Gasteiger partial charge in [0.05, 0.1) is 21.0 Å². The molecule has 31 heavy (non-hydrogen) atoms. The van der Waals surface area contributed by atoms with Crippen LogP contribution in [0, 0.1) is 5.82 Å². The van der Waals surface area contributed by atoms with Gasteiger partial charge < -0.3 is 10.2 Å². The van der Waals surface area contributed by atoms with Crippen molar-refractivity contribution < 1.29 is 19.4 Å². The third kappa shape index (κ3) is 3.09. The summed E-state index contributed by atoms with van der Waals surface area (Å²) in [5.41, 5.74) is 0.221. The molecule has 154 valence electrons. The van der Waals surface area contributed by atoms with Gasteiger partial charge in [-0.25, -0.2) is 14.4 Å². The van der Waals surface area contributed by atoms with Gasteiger partial charge in [-0.2, -0.15) is 0 Å². The van der Waals surface area contributed by atoms with E-state index in [1.807, 2.05) is 0 Å². The Morgan fingerprint density at radius 3 is 2.65 bits per heavy atom. The van der Waals surface area contributed by atoms with Gasteiger partial charge in [-0.15, -0.1) is 11.3 Å². The Balaban J connectivity index is 1.86. The lowest BCUT2D eigenvalue weighted by Gasteiger charge is -2.09. The molecule has 0 bridgehead atoms. The molecule has 0 aliphatic carbocycles. The molecule has 0 radical (unpaired) electrons. The third-order valence-corrected chi connectivity index (χ3v) is 6.74. The fourth-order valence-electron chi connectivity index (χ4n) is 3.30. The highest BCUT2D eigenvalue weighted by Gasteiger charge is 2.33. The fraction of sp³-hybridized carbons (Fsp3) is 0. The van der Waals surface area contributed by atoms with E-state index in [-0.39, 0.29) is 27.0 Å². The maximum absolute atomic E-state index is 14.8. The summed E-state index contributed by atoms with van der Waals surface area (Å²) in [6, 6.07) is 11.0. The highest BCUT2D eigenvalue weighted by atomic mass is 35.5. The van der Waals surface area contributed by atoms with Gasteiger partial charge in [0.2, 0.25) is 11.7 Å². The van der Waals surface area contributed by atoms with E-state index < -0.39 is 23.2 Å². The number of aromatic hydroxyl groups is 2. The van der Waals surface area contributed by atoms with E-state index >= 15 is 0 Å². The first kappa shape index (κ1) is 19.7. The van der Waals surface area contributed by atoms with Gasteiger partial charge in [-0.1, -0.05) is 41.1 Å². The second-order valence-corrected chi connectivity index (χ2v) is 8.77. The van der Waals surface area contributed by atoms with Crippen LogP contribution in [0.4, 0.5) is 4.39 Å². The molecule has 3 aromatic heterocycles. The summed E-state index contributed by atoms with van der Waals surface area (Å²) in [5, 5.41) is 23.9. The Morgan fingerprint density at radius 2 is 1.94 bits per heavy atom. The van der Waals surface area contributed by atoms with Crippen LogP contribution in [-0.2, 0) is 0 Å². The zero-order chi connectivity index (χ0) is 21.7. The molecule has 0 unspecified atom stereocenters. The molecule has 6 nitrogen and oxygen atoms in total. The Labute approximate surface area is 187 Å². The molecule has 0 atom stereocenters. The van der Waals surface area contributed by atoms with Crippen molar-refractivity contribution in [3.05, 3.63) is 75.5 Å². The molecule has 0 saturated heterocycles. The molecule has 0 saturated carbocycles. The summed E-state index contributed by atoms with van der Waals surface area (Å²) >= 11 is 8.48. The van der Waals surface area contributed by atoms with Crippen LogP contribution < -0.4 is 0 Å². The van der Waals surface area contributed by atoms with E-state index in [2.05, 4.69) is 9.97 Å². The van der Waals surface area contributed by atoms with E-state index in [0.29, 0.717) is 10.5 Å². The highest BCUT2D eigenvalue weighted by Crippen LogP contribution is 2.46. The number of carbonyl (C=O) groups excluding carboxylic acids is 1. The molecule has 0 aliphatic heterocycles. The first-order valence-electron chi connectivity index (χ1n) is 8.88. The Kier molecular flexibility index (Phi) is 4.73. The molecule has 10 heteroatoms. The molecule has 0 fully saturated rings. The van der Waals surface area contributed by atoms with Crippen molar-refractivity contribution >= 4 is 50.3 Å². The lowest BCUT2D eigenvalue weighted by molar-refractivity contribution is 0.103. The minimum atomic E-state index is -0.677. The second-order valence-electron chi connectivity index (χ2n) is 6.46. The summed E-state index contributed by atoms with van der Waals surface area (Å²) in [4.78, 5) is 21.6. The van der Waals surface area contributed by atoms with Crippen LogP contribution >= 0.6 is 34.3 Å². The van der Waals surface area contributed by atoms with E-state index in [1.54, 1.807) is 29.6 Å². The summed E-state index contributed by atoms with van der Waals surface area (Å²) in [5.74, 6) is -2.58. The molecule has 0 spiro atoms. The Hall–Kier alpha value is -3.27. The number of rotatable bonds is 4. The van der Waals surface area contributed by atoms with Crippen LogP contribution in [0.25, 0.3) is 26.6 Å². The molecule has 0 aliphatic rings. The van der Waals surface area contributed by atoms with Gasteiger partial charge in [0.15, 0.2) is 15.9 Å². The van der Waals surface area contributed by atoms with Crippen molar-refractivity contribution in [2.24, 2.45) is 0 Å². The van der Waals surface area contributed by atoms with Crippen LogP contribution in [0.5, 0.6) is 11.6 Å². The molecular formula is C21H11ClFN3O3S2. The van der Waals surface area contributed by atoms with Gasteiger partial charge in [0, 0.05) is 17.1 Å². The number of nitrogens with zero attached hydrogens (tertiary/aromatic N) is 3. The summed E-state index contributed by atoms with van der Waals surface area (Å²) in [6.07, 6.45) is 1.45. The van der Waals surface area contributed by atoms with Crippen molar-refractivity contribution in [1.29, 1.82) is 0 Å². The average Bonchev–Trinajstić information content (AvgIpc) is 3.48. The minimum Gasteiger partial charge on any atom is -0.503 e. The van der Waals surface area contributed by atoms with Crippen LogP contribution in [0.1, 0.15) is 15.4 Å². The number of ketones is 1. The molecule has 5 rings (SSSR count). The van der Waals surface area contributed by atoms with Gasteiger partial charge in [-0.05, 0) is 24.3 Å². The van der Waals surface area contributed by atoms with Crippen LogP contribution in [0.15, 0.2) is 54.0 Å². The lowest BCUT2D eigenvalue weighted by atomic mass is 10.0. The van der Waals surface area contributed by atoms with Crippen LogP contribution in [0.2, 0.25) is 5.02 Å². The zero-order valence-corrected chi connectivity index (χ0v) is 17.8. The fourth-order valence-corrected chi connectivity index (χ4v) is 5.15. The number of fused-ring (bicyclic) bond motifs is 1. The SMILES string of the molecule is O=C(c1nccs1)c1c(O)c(O)n(-c2nc3c(Cl)cccc3s2)c1-c1ccccc1F. The zero-order valence-electron chi connectivity index (χ0n) is 15.4. The monoisotopic (exact) mass is 471 g/mol. The number of para-hydroxylation sites is 1. The van der Waals surface area contributed by atoms with E-state index in [4.69, 9.17) is 11.6 Å². The molecule has 2 N–H and O–H groups in total. The third-order valence-electron chi connectivity index (χ3n) is 4.65. The van der Waals surface area contributed by atoms with Crippen LogP contribution in [0.3, 0.4) is 0 Å². The van der Waals surface area contributed by atoms with Crippen molar-refractivity contribution in [2.45, 2.75) is 0 Å². The van der Waals surface area contributed by atoms with E-state index in [1.165, 1.54) is 35.7 Å². The number of hydrogen-bond acceptors (Lipinski definition) is 7. The summed E-state index contributed by atoms with van der Waals surface area (Å²) in [6.45, 7) is 0. The standard InChI is InChI=1S/C21H11ClFN3O3S2/c22-11-5-3-7-13-15(11)25-21(31-13)26-16(10-4-1-2-6-12(10)23)14(18(28)20(26)29)17(27)19-24-8-9-30-19/h1-9,28-29H. The van der Waals surface area contributed by atoms with E-state index in [9.17, 15) is 19.4 Å². The number of hydrogen-bond donors (Lipinski definition) is 2. The van der Waals surface area contributed by atoms with E-state index in [0.717, 1.165) is 20.6 Å². The quantitative estimate of drug-likeness (QED) is 0.331. The van der Waals surface area contributed by atoms with Gasteiger partial charge in [0.1, 0.15) is 11.3 Å². The normalized spacial score (nSPS) is 11.3. The molecule has 2 aromatic carbocycles. The second kappa shape index (κ2) is 7.45. The number of benzene rings is 2. The predicted molar refractivity (Wildman–Crippen MR) is 118 cm³/mol. The largest absolute Gasteiger partial charge is 0.503 e. The smallest absolute Gasteiger partial charge is 0.242 e. The average molecular weight is 472 g/mol. The maximum Gasteiger partial charge on any atom is 0.242 e. The summed E-state index contributed by atoms with van der Waals surface area (Å²) < 4.78 is 16.7. The lowest BCUT2D eigenvalue weighted by Crippen LogP contribution is -2.05. The molecule has 3 heterocycles. The van der Waals surface area contributed by atoms with Crippen molar-refractivity contribution in [3.63, 3.8) is 0 Å². The highest BCUT2D eigenvalue weighted by molar-refractivity contribution is 7.21. The molecule has 0 amide bonds. The van der Waals surface area contributed by atoms with Crippen molar-refractivity contribution in [2.75, 3.05) is 0 Å². The van der Waals surface area contributed by atoms with Crippen molar-refractivity contribution in [1.82, 2.24) is 14.5 Å². The molecule has 5 aromatic rings. The van der Waals surface area contributed by atoms with Gasteiger partial charge in [-0.3, -0.25) is 9.36 Å². The number of thiazole rings is 2. The first-order chi connectivity index (χ1) is 15.0. The maximum atomic E-state index is 14.8. The van der Waals surface area contributed by atoms with Gasteiger partial charge >= 0.3 is 0 Å². The Morgan fingerprint density at radius 1 is 1.13 bits per heavy atom. The van der Waals surface area contributed by atoms with Crippen molar-refractivity contribution in [3.8, 4) is 28.0 Å².